The zero-order valence-electron chi connectivity index (χ0n) is 9.12. The van der Waals surface area contributed by atoms with Gasteiger partial charge in [0.15, 0.2) is 10.8 Å². The fraction of sp³-hybridized carbons (Fsp3) is 0.333. The van der Waals surface area contributed by atoms with Gasteiger partial charge in [0, 0.05) is 13.0 Å². The molecule has 0 saturated heterocycles. The normalized spacial score (nSPS) is 10.7. The van der Waals surface area contributed by atoms with E-state index in [1.807, 2.05) is 0 Å². The summed E-state index contributed by atoms with van der Waals surface area (Å²) in [6.07, 6.45) is 1.81. The van der Waals surface area contributed by atoms with Crippen molar-refractivity contribution in [3.05, 3.63) is 11.5 Å². The van der Waals surface area contributed by atoms with Crippen molar-refractivity contribution in [2.24, 2.45) is 0 Å². The fourth-order valence-corrected chi connectivity index (χ4v) is 1.50. The van der Waals surface area contributed by atoms with Crippen LogP contribution in [0.2, 0.25) is 5.15 Å². The Morgan fingerprint density at radius 1 is 1.53 bits per heavy atom. The predicted octanol–water partition coefficient (Wildman–Crippen LogP) is 0.554. The monoisotopic (exact) mass is 254 g/mol. The van der Waals surface area contributed by atoms with Crippen molar-refractivity contribution in [3.63, 3.8) is 0 Å². The van der Waals surface area contributed by atoms with Crippen LogP contribution < -0.4 is 10.6 Å². The Morgan fingerprint density at radius 3 is 3.12 bits per heavy atom. The Morgan fingerprint density at radius 2 is 2.35 bits per heavy atom. The highest BCUT2D eigenvalue weighted by atomic mass is 35.5. The molecule has 3 N–H and O–H groups in total. The number of amides is 1. The van der Waals surface area contributed by atoms with Gasteiger partial charge in [0.1, 0.15) is 5.52 Å². The number of imidazole rings is 1. The molecule has 0 bridgehead atoms. The van der Waals surface area contributed by atoms with E-state index in [1.165, 1.54) is 6.33 Å². The molecule has 0 aliphatic carbocycles. The first-order chi connectivity index (χ1) is 8.20. The second-order valence-corrected chi connectivity index (χ2v) is 3.70. The van der Waals surface area contributed by atoms with Gasteiger partial charge >= 0.3 is 0 Å². The van der Waals surface area contributed by atoms with E-state index in [0.29, 0.717) is 24.1 Å². The Balaban J connectivity index is 2.16. The number of aromatic amines is 1. The maximum Gasteiger partial charge on any atom is 0.233 e. The van der Waals surface area contributed by atoms with Gasteiger partial charge in [-0.25, -0.2) is 4.98 Å². The van der Waals surface area contributed by atoms with Gasteiger partial charge < -0.3 is 10.3 Å². The first-order valence-electron chi connectivity index (χ1n) is 5.02. The molecule has 0 radical (unpaired) electrons. The first-order valence-corrected chi connectivity index (χ1v) is 5.39. The Kier molecular flexibility index (Phi) is 3.50. The molecule has 0 atom stereocenters. The summed E-state index contributed by atoms with van der Waals surface area (Å²) in [7, 11) is 1.77. The molecule has 8 heteroatoms. The summed E-state index contributed by atoms with van der Waals surface area (Å²) in [5, 5.41) is 5.67. The van der Waals surface area contributed by atoms with E-state index in [-0.39, 0.29) is 17.0 Å². The summed E-state index contributed by atoms with van der Waals surface area (Å²) in [5.41, 5.74) is 0.980. The summed E-state index contributed by atoms with van der Waals surface area (Å²) < 4.78 is 0. The highest BCUT2D eigenvalue weighted by Gasteiger charge is 2.10. The van der Waals surface area contributed by atoms with Gasteiger partial charge in [-0.2, -0.15) is 9.97 Å². The Bertz CT molecular complexity index is 539. The van der Waals surface area contributed by atoms with Crippen LogP contribution >= 0.6 is 11.6 Å². The molecule has 2 heterocycles. The third-order valence-electron chi connectivity index (χ3n) is 2.09. The second kappa shape index (κ2) is 5.07. The number of H-pyrrole nitrogens is 1. The van der Waals surface area contributed by atoms with Gasteiger partial charge in [-0.1, -0.05) is 11.6 Å². The lowest BCUT2D eigenvalue weighted by Gasteiger charge is -2.03. The number of fused-ring (bicyclic) bond motifs is 1. The molecule has 1 amide bonds. The summed E-state index contributed by atoms with van der Waals surface area (Å²) in [6, 6.07) is 0. The molecule has 0 aliphatic rings. The van der Waals surface area contributed by atoms with Crippen LogP contribution in [0.15, 0.2) is 6.33 Å². The maximum absolute atomic E-state index is 11.5. The quantitative estimate of drug-likeness (QED) is 0.693. The van der Waals surface area contributed by atoms with E-state index < -0.39 is 0 Å². The summed E-state index contributed by atoms with van der Waals surface area (Å²) in [4.78, 5) is 26.2. The molecule has 0 unspecified atom stereocenters. The lowest BCUT2D eigenvalue weighted by Crippen LogP contribution is -2.19. The molecule has 0 aliphatic heterocycles. The topological polar surface area (TPSA) is 95.6 Å². The number of carbonyl (C=O) groups is 1. The number of hydrogen-bond acceptors (Lipinski definition) is 5. The minimum Gasteiger partial charge on any atom is -0.341 e. The molecule has 2 rings (SSSR count). The van der Waals surface area contributed by atoms with Crippen LogP contribution in [-0.4, -0.2) is 39.4 Å². The van der Waals surface area contributed by atoms with E-state index in [2.05, 4.69) is 30.6 Å². The van der Waals surface area contributed by atoms with Crippen LogP contribution in [-0.2, 0) is 4.79 Å². The van der Waals surface area contributed by atoms with Gasteiger partial charge in [-0.15, -0.1) is 0 Å². The molecule has 7 nitrogen and oxygen atoms in total. The average Bonchev–Trinajstić information content (AvgIpc) is 2.75. The molecular weight excluding hydrogens is 244 g/mol. The average molecular weight is 255 g/mol. The smallest absolute Gasteiger partial charge is 0.233 e. The van der Waals surface area contributed by atoms with E-state index in [4.69, 9.17) is 11.6 Å². The van der Waals surface area contributed by atoms with Crippen molar-refractivity contribution in [3.8, 4) is 0 Å². The largest absolute Gasteiger partial charge is 0.341 e. The third-order valence-corrected chi connectivity index (χ3v) is 2.37. The lowest BCUT2D eigenvalue weighted by molar-refractivity contribution is -0.116. The van der Waals surface area contributed by atoms with E-state index in [9.17, 15) is 4.79 Å². The molecule has 0 saturated carbocycles. The van der Waals surface area contributed by atoms with Gasteiger partial charge in [-0.3, -0.25) is 10.1 Å². The van der Waals surface area contributed by atoms with Crippen LogP contribution in [0.25, 0.3) is 11.2 Å². The first kappa shape index (κ1) is 11.7. The number of hydrogen-bond donors (Lipinski definition) is 3. The van der Waals surface area contributed by atoms with Crippen LogP contribution in [0.5, 0.6) is 0 Å². The minimum atomic E-state index is -0.176. The summed E-state index contributed by atoms with van der Waals surface area (Å²) in [6.45, 7) is 0.588. The van der Waals surface area contributed by atoms with Crippen LogP contribution in [0.1, 0.15) is 6.42 Å². The number of nitrogens with one attached hydrogen (secondary N) is 3. The number of aromatic nitrogens is 4. The maximum atomic E-state index is 11.5. The van der Waals surface area contributed by atoms with Crippen LogP contribution in [0, 0.1) is 0 Å². The molecule has 0 fully saturated rings. The van der Waals surface area contributed by atoms with Crippen molar-refractivity contribution in [1.82, 2.24) is 25.3 Å². The lowest BCUT2D eigenvalue weighted by atomic mass is 10.4. The molecular formula is C9H11ClN6O. The van der Waals surface area contributed by atoms with Crippen molar-refractivity contribution >= 4 is 34.6 Å². The molecule has 90 valence electrons. The van der Waals surface area contributed by atoms with Gasteiger partial charge in [-0.05, 0) is 7.05 Å². The number of anilines is 1. The molecule has 0 spiro atoms. The van der Waals surface area contributed by atoms with Gasteiger partial charge in [0.2, 0.25) is 11.9 Å². The van der Waals surface area contributed by atoms with Crippen molar-refractivity contribution < 1.29 is 4.79 Å². The molecule has 2 aromatic heterocycles. The van der Waals surface area contributed by atoms with Gasteiger partial charge in [0.25, 0.3) is 0 Å². The second-order valence-electron chi connectivity index (χ2n) is 3.34. The van der Waals surface area contributed by atoms with E-state index in [1.54, 1.807) is 7.05 Å². The van der Waals surface area contributed by atoms with Crippen molar-refractivity contribution in [2.45, 2.75) is 6.42 Å². The Hall–Kier alpha value is -1.73. The third kappa shape index (κ3) is 2.69. The summed E-state index contributed by atoms with van der Waals surface area (Å²) in [5.74, 6) is -0.0130. The van der Waals surface area contributed by atoms with Crippen molar-refractivity contribution in [1.29, 1.82) is 0 Å². The minimum absolute atomic E-state index is 0.163. The van der Waals surface area contributed by atoms with E-state index >= 15 is 0 Å². The Labute approximate surface area is 102 Å². The number of carbonyl (C=O) groups excluding carboxylic acids is 1. The molecule has 2 aromatic rings. The standard InChI is InChI=1S/C9H11ClN6O/c1-11-3-2-5(17)14-9-15-7(10)6-8(16-9)13-4-12-6/h4,11H,2-3H2,1H3,(H2,12,13,14,15,16,17). The zero-order valence-corrected chi connectivity index (χ0v) is 9.88. The molecule has 0 aromatic carbocycles. The van der Waals surface area contributed by atoms with Crippen LogP contribution in [0.4, 0.5) is 5.95 Å². The fourth-order valence-electron chi connectivity index (χ4n) is 1.28. The highest BCUT2D eigenvalue weighted by Crippen LogP contribution is 2.18. The zero-order chi connectivity index (χ0) is 12.3. The van der Waals surface area contributed by atoms with Crippen molar-refractivity contribution in [2.75, 3.05) is 18.9 Å². The van der Waals surface area contributed by atoms with E-state index in [0.717, 1.165) is 0 Å². The molecule has 17 heavy (non-hydrogen) atoms. The summed E-state index contributed by atoms with van der Waals surface area (Å²) >= 11 is 5.91. The number of halogens is 1. The predicted molar refractivity (Wildman–Crippen MR) is 63.9 cm³/mol. The van der Waals surface area contributed by atoms with Crippen LogP contribution in [0.3, 0.4) is 0 Å². The highest BCUT2D eigenvalue weighted by molar-refractivity contribution is 6.33. The number of rotatable bonds is 4. The van der Waals surface area contributed by atoms with Gasteiger partial charge in [0.05, 0.1) is 6.33 Å². The SMILES string of the molecule is CNCCC(=O)Nc1nc(Cl)c2[nH]cnc2n1. The number of nitrogens with zero attached hydrogens (tertiary/aromatic N) is 3.